The number of nitrogens with zero attached hydrogens (tertiary/aromatic N) is 1. The van der Waals surface area contributed by atoms with Gasteiger partial charge in [-0.05, 0) is 60.5 Å². The summed E-state index contributed by atoms with van der Waals surface area (Å²) in [5.41, 5.74) is -0.142. The van der Waals surface area contributed by atoms with Crippen molar-refractivity contribution >= 4 is 71.3 Å². The molecular weight excluding hydrogens is 598 g/mol. The molecule has 18 heteroatoms. The van der Waals surface area contributed by atoms with E-state index in [4.69, 9.17) is 12.2 Å². The van der Waals surface area contributed by atoms with E-state index in [2.05, 4.69) is 15.4 Å². The van der Waals surface area contributed by atoms with Crippen molar-refractivity contribution < 1.29 is 93.5 Å². The van der Waals surface area contributed by atoms with E-state index >= 15 is 0 Å². The summed E-state index contributed by atoms with van der Waals surface area (Å²) in [6.45, 7) is 0. The molecule has 0 heterocycles. The van der Waals surface area contributed by atoms with E-state index in [1.807, 2.05) is 0 Å². The standard InChI is InChI=1S/C20H24N4O8S4.2Na/c1-24(2)36(31,32)23-17-8-6-14(19(12-17)35(28,29)30)4-3-13-5-7-16(11-18(13)34(25,26)27)22-20(33)21-15-9-10-15;;/h3-8,11-12,15,23H,9-10H2,1-2H3,(H2,21,22,33)(H,25,26,27)(H,28,29,30);;/q;2*+1/p-2. The maximum Gasteiger partial charge on any atom is 1.00 e. The second kappa shape index (κ2) is 13.8. The van der Waals surface area contributed by atoms with Crippen molar-refractivity contribution in [2.24, 2.45) is 0 Å². The molecule has 0 aromatic heterocycles. The fraction of sp³-hybridized carbons (Fsp3) is 0.250. The smallest absolute Gasteiger partial charge is 0.744 e. The van der Waals surface area contributed by atoms with Gasteiger partial charge in [0.1, 0.15) is 20.2 Å². The molecule has 3 rings (SSSR count). The number of thiocarbonyl (C=S) groups is 1. The quantitative estimate of drug-likeness (QED) is 0.106. The first-order valence-electron chi connectivity index (χ1n) is 10.2. The molecule has 196 valence electrons. The van der Waals surface area contributed by atoms with Gasteiger partial charge in [-0.25, -0.2) is 16.8 Å². The zero-order chi connectivity index (χ0) is 26.9. The third kappa shape index (κ3) is 10.1. The van der Waals surface area contributed by atoms with Crippen LogP contribution in [0.5, 0.6) is 0 Å². The number of anilines is 2. The van der Waals surface area contributed by atoms with Gasteiger partial charge in [0, 0.05) is 25.8 Å². The second-order valence-corrected chi connectivity index (χ2v) is 13.0. The van der Waals surface area contributed by atoms with Crippen molar-refractivity contribution in [1.82, 2.24) is 9.62 Å². The largest absolute Gasteiger partial charge is 1.00 e. The first-order valence-corrected chi connectivity index (χ1v) is 14.9. The Morgan fingerprint density at radius 1 is 0.868 bits per heavy atom. The first-order chi connectivity index (χ1) is 16.6. The average Bonchev–Trinajstić information content (AvgIpc) is 3.55. The molecule has 0 aliphatic heterocycles. The fourth-order valence-electron chi connectivity index (χ4n) is 2.92. The molecule has 1 saturated carbocycles. The molecule has 2 aromatic rings. The zero-order valence-corrected chi connectivity index (χ0v) is 28.2. The molecule has 2 aromatic carbocycles. The molecule has 0 bridgehead atoms. The summed E-state index contributed by atoms with van der Waals surface area (Å²) < 4.78 is 98.1. The van der Waals surface area contributed by atoms with Crippen LogP contribution in [0.4, 0.5) is 11.4 Å². The summed E-state index contributed by atoms with van der Waals surface area (Å²) in [7, 11) is -11.5. The molecular formula is C20H22N4Na2O8S4. The van der Waals surface area contributed by atoms with Crippen LogP contribution < -0.4 is 74.5 Å². The van der Waals surface area contributed by atoms with Crippen molar-refractivity contribution in [3.8, 4) is 0 Å². The van der Waals surface area contributed by atoms with Crippen LogP contribution in [0.15, 0.2) is 46.2 Å². The second-order valence-electron chi connectivity index (χ2n) is 8.01. The van der Waals surface area contributed by atoms with Crippen molar-refractivity contribution in [2.45, 2.75) is 28.7 Å². The predicted molar refractivity (Wildman–Crippen MR) is 136 cm³/mol. The molecule has 1 aliphatic rings. The Bertz CT molecular complexity index is 1540. The SMILES string of the molecule is CN(C)S(=O)(=O)Nc1ccc(C=Cc2ccc(NC(=S)NC3CC3)cc2S(=O)(=O)[O-])c(S(=O)(=O)[O-])c1.[Na+].[Na+]. The van der Waals surface area contributed by atoms with Crippen molar-refractivity contribution in [3.05, 3.63) is 47.5 Å². The Morgan fingerprint density at radius 3 is 1.74 bits per heavy atom. The summed E-state index contributed by atoms with van der Waals surface area (Å²) in [6, 6.07) is 7.36. The molecule has 38 heavy (non-hydrogen) atoms. The number of nitrogens with one attached hydrogen (secondary N) is 3. The first kappa shape index (κ1) is 35.4. The third-order valence-electron chi connectivity index (χ3n) is 4.91. The molecule has 1 fully saturated rings. The molecule has 0 spiro atoms. The number of benzene rings is 2. The van der Waals surface area contributed by atoms with Gasteiger partial charge in [0.15, 0.2) is 5.11 Å². The van der Waals surface area contributed by atoms with Crippen LogP contribution >= 0.6 is 12.2 Å². The van der Waals surface area contributed by atoms with Crippen molar-refractivity contribution in [2.75, 3.05) is 24.1 Å². The zero-order valence-electron chi connectivity index (χ0n) is 21.0. The molecule has 0 amide bonds. The Labute approximate surface area is 271 Å². The van der Waals surface area contributed by atoms with Gasteiger partial charge in [-0.2, -0.15) is 12.7 Å². The summed E-state index contributed by atoms with van der Waals surface area (Å²) >= 11 is 5.15. The Hall–Kier alpha value is -0.600. The Balaban J connectivity index is 0.00000361. The third-order valence-corrected chi connectivity index (χ3v) is 8.37. The molecule has 3 N–H and O–H groups in total. The Kier molecular flexibility index (Phi) is 12.9. The van der Waals surface area contributed by atoms with Crippen LogP contribution in [0.1, 0.15) is 24.0 Å². The van der Waals surface area contributed by atoms with Crippen LogP contribution in [0.2, 0.25) is 0 Å². The summed E-state index contributed by atoms with van der Waals surface area (Å²) in [5.74, 6) is 0. The van der Waals surface area contributed by atoms with Gasteiger partial charge in [0.2, 0.25) is 0 Å². The number of rotatable bonds is 9. The van der Waals surface area contributed by atoms with Crippen molar-refractivity contribution in [3.63, 3.8) is 0 Å². The van der Waals surface area contributed by atoms with Crippen LogP contribution in [0.3, 0.4) is 0 Å². The van der Waals surface area contributed by atoms with Gasteiger partial charge in [-0.1, -0.05) is 24.3 Å². The maximum atomic E-state index is 12.0. The van der Waals surface area contributed by atoms with Crippen LogP contribution in [-0.2, 0) is 30.4 Å². The maximum absolute atomic E-state index is 12.0. The van der Waals surface area contributed by atoms with Crippen LogP contribution in [-0.4, -0.2) is 63.9 Å². The number of hydrogen-bond acceptors (Lipinski definition) is 9. The molecule has 0 atom stereocenters. The molecule has 0 radical (unpaired) electrons. The van der Waals surface area contributed by atoms with Gasteiger partial charge >= 0.3 is 69.3 Å². The van der Waals surface area contributed by atoms with E-state index in [1.165, 1.54) is 32.3 Å². The molecule has 1 aliphatic carbocycles. The fourth-order valence-corrected chi connectivity index (χ4v) is 5.20. The topological polar surface area (TPSA) is 188 Å². The van der Waals surface area contributed by atoms with Gasteiger partial charge in [0.25, 0.3) is 0 Å². The van der Waals surface area contributed by atoms with Crippen LogP contribution in [0.25, 0.3) is 12.2 Å². The van der Waals surface area contributed by atoms with E-state index in [0.29, 0.717) is 0 Å². The summed E-state index contributed by atoms with van der Waals surface area (Å²) in [4.78, 5) is -1.35. The van der Waals surface area contributed by atoms with Crippen LogP contribution in [0, 0.1) is 0 Å². The van der Waals surface area contributed by atoms with E-state index in [0.717, 1.165) is 47.5 Å². The van der Waals surface area contributed by atoms with Gasteiger partial charge in [-0.15, -0.1) is 0 Å². The average molecular weight is 621 g/mol. The van der Waals surface area contributed by atoms with Gasteiger partial charge in [0.05, 0.1) is 15.5 Å². The molecule has 0 unspecified atom stereocenters. The minimum absolute atomic E-state index is 0. The summed E-state index contributed by atoms with van der Waals surface area (Å²) in [6.07, 6.45) is 4.22. The number of hydrogen-bond donors (Lipinski definition) is 3. The predicted octanol–water partition coefficient (Wildman–Crippen LogP) is -4.66. The van der Waals surface area contributed by atoms with E-state index in [1.54, 1.807) is 0 Å². The monoisotopic (exact) mass is 620 g/mol. The van der Waals surface area contributed by atoms with Crippen molar-refractivity contribution in [1.29, 1.82) is 0 Å². The van der Waals surface area contributed by atoms with E-state index < -0.39 is 40.2 Å². The van der Waals surface area contributed by atoms with Gasteiger partial charge in [-0.3, -0.25) is 4.72 Å². The summed E-state index contributed by atoms with van der Waals surface area (Å²) in [5, 5.41) is 6.08. The Morgan fingerprint density at radius 2 is 1.32 bits per heavy atom. The molecule has 0 saturated heterocycles. The molecule has 12 nitrogen and oxygen atoms in total. The van der Waals surface area contributed by atoms with Gasteiger partial charge < -0.3 is 19.7 Å². The van der Waals surface area contributed by atoms with E-state index in [-0.39, 0.29) is 92.8 Å². The minimum Gasteiger partial charge on any atom is -0.744 e. The normalized spacial score (nSPS) is 13.9. The minimum atomic E-state index is -5.06. The van der Waals surface area contributed by atoms with E-state index in [9.17, 15) is 34.4 Å².